The van der Waals surface area contributed by atoms with Crippen LogP contribution in [0, 0.1) is 5.92 Å². The third-order valence-corrected chi connectivity index (χ3v) is 3.47. The van der Waals surface area contributed by atoms with Crippen molar-refractivity contribution in [3.8, 4) is 0 Å². The lowest BCUT2D eigenvalue weighted by molar-refractivity contribution is -0.147. The Bertz CT molecular complexity index is 334. The summed E-state index contributed by atoms with van der Waals surface area (Å²) >= 11 is 0. The molecular weight excluding hydrogens is 250 g/mol. The van der Waals surface area contributed by atoms with Gasteiger partial charge in [0.25, 0.3) is 0 Å². The highest BCUT2D eigenvalue weighted by Crippen LogP contribution is 2.22. The molecule has 0 unspecified atom stereocenters. The Balaban J connectivity index is 2.53. The highest BCUT2D eigenvalue weighted by Gasteiger charge is 2.27. The second-order valence-corrected chi connectivity index (χ2v) is 5.04. The highest BCUT2D eigenvalue weighted by molar-refractivity contribution is 5.87. The van der Waals surface area contributed by atoms with Crippen LogP contribution in [0.3, 0.4) is 0 Å². The minimum absolute atomic E-state index is 0.184. The van der Waals surface area contributed by atoms with Gasteiger partial charge in [-0.15, -0.1) is 0 Å². The number of carboxylic acid groups (broad SMARTS) is 2. The van der Waals surface area contributed by atoms with Crippen molar-refractivity contribution in [3.63, 3.8) is 0 Å². The molecule has 0 spiro atoms. The number of carboxylic acids is 2. The Hall–Kier alpha value is -1.59. The standard InChI is InChI=1S/C13H21NO5/c15-11(16)8-10(13(18)19)14-12(17)9-6-4-2-1-3-5-7-9/h9-10H,1-8H2,(H,14,17)(H,15,16)(H,18,19)/t10-/m1/s1. The number of aliphatic carboxylic acids is 2. The SMILES string of the molecule is O=C(O)C[C@@H](NC(=O)C1CCCCCCC1)C(=O)O. The first-order valence-corrected chi connectivity index (χ1v) is 6.75. The summed E-state index contributed by atoms with van der Waals surface area (Å²) in [6, 6.07) is -1.34. The van der Waals surface area contributed by atoms with Crippen molar-refractivity contribution in [1.29, 1.82) is 0 Å². The monoisotopic (exact) mass is 271 g/mol. The molecule has 0 saturated heterocycles. The largest absolute Gasteiger partial charge is 0.481 e. The van der Waals surface area contributed by atoms with Gasteiger partial charge >= 0.3 is 11.9 Å². The predicted octanol–water partition coefficient (Wildman–Crippen LogP) is 1.39. The molecule has 1 fully saturated rings. The first kappa shape index (κ1) is 15.5. The molecule has 1 atom stereocenters. The maximum atomic E-state index is 12.0. The first-order valence-electron chi connectivity index (χ1n) is 6.75. The lowest BCUT2D eigenvalue weighted by Crippen LogP contribution is -2.44. The Morgan fingerprint density at radius 1 is 1.00 bits per heavy atom. The molecule has 1 amide bonds. The van der Waals surface area contributed by atoms with Crippen LogP contribution >= 0.6 is 0 Å². The van der Waals surface area contributed by atoms with Gasteiger partial charge in [0.2, 0.25) is 5.91 Å². The second-order valence-electron chi connectivity index (χ2n) is 5.04. The van der Waals surface area contributed by atoms with E-state index in [0.29, 0.717) is 0 Å². The molecule has 108 valence electrons. The van der Waals surface area contributed by atoms with E-state index in [-0.39, 0.29) is 11.8 Å². The average molecular weight is 271 g/mol. The van der Waals surface area contributed by atoms with E-state index in [9.17, 15) is 14.4 Å². The number of hydrogen-bond acceptors (Lipinski definition) is 3. The van der Waals surface area contributed by atoms with Crippen molar-refractivity contribution in [2.75, 3.05) is 0 Å². The summed E-state index contributed by atoms with van der Waals surface area (Å²) in [5, 5.41) is 19.9. The van der Waals surface area contributed by atoms with Gasteiger partial charge in [-0.1, -0.05) is 32.1 Å². The predicted molar refractivity (Wildman–Crippen MR) is 67.6 cm³/mol. The number of nitrogens with one attached hydrogen (secondary N) is 1. The van der Waals surface area contributed by atoms with Crippen LogP contribution in [0.2, 0.25) is 0 Å². The van der Waals surface area contributed by atoms with Crippen molar-refractivity contribution in [3.05, 3.63) is 0 Å². The van der Waals surface area contributed by atoms with Gasteiger partial charge in [0, 0.05) is 5.92 Å². The minimum atomic E-state index is -1.34. The van der Waals surface area contributed by atoms with Crippen LogP contribution in [0.15, 0.2) is 0 Å². The molecule has 1 saturated carbocycles. The molecule has 6 heteroatoms. The van der Waals surface area contributed by atoms with Gasteiger partial charge in [0.15, 0.2) is 0 Å². The van der Waals surface area contributed by atoms with Gasteiger partial charge in [-0.3, -0.25) is 9.59 Å². The van der Waals surface area contributed by atoms with Gasteiger partial charge < -0.3 is 15.5 Å². The number of rotatable bonds is 5. The maximum Gasteiger partial charge on any atom is 0.326 e. The lowest BCUT2D eigenvalue weighted by Gasteiger charge is -2.21. The topological polar surface area (TPSA) is 104 Å². The summed E-state index contributed by atoms with van der Waals surface area (Å²) in [5.74, 6) is -3.04. The molecule has 3 N–H and O–H groups in total. The Morgan fingerprint density at radius 2 is 1.53 bits per heavy atom. The van der Waals surface area contributed by atoms with E-state index in [1.165, 1.54) is 6.42 Å². The number of carbonyl (C=O) groups is 3. The molecule has 0 aromatic rings. The second kappa shape index (κ2) is 7.76. The molecule has 1 aliphatic carbocycles. The van der Waals surface area contributed by atoms with Crippen molar-refractivity contribution >= 4 is 17.8 Å². The summed E-state index contributed by atoms with van der Waals surface area (Å²) in [6.45, 7) is 0. The number of carbonyl (C=O) groups excluding carboxylic acids is 1. The molecule has 0 aliphatic heterocycles. The Labute approximate surface area is 112 Å². The van der Waals surface area contributed by atoms with Crippen LogP contribution in [-0.2, 0) is 14.4 Å². The molecule has 0 bridgehead atoms. The summed E-state index contributed by atoms with van der Waals surface area (Å²) in [5.41, 5.74) is 0. The normalized spacial score (nSPS) is 18.9. The number of hydrogen-bond donors (Lipinski definition) is 3. The van der Waals surface area contributed by atoms with Crippen LogP contribution in [0.1, 0.15) is 51.4 Å². The molecule has 0 heterocycles. The van der Waals surface area contributed by atoms with Gasteiger partial charge in [0.05, 0.1) is 6.42 Å². The zero-order chi connectivity index (χ0) is 14.3. The lowest BCUT2D eigenvalue weighted by atomic mass is 9.90. The fraction of sp³-hybridized carbons (Fsp3) is 0.769. The molecule has 0 aromatic heterocycles. The van der Waals surface area contributed by atoms with E-state index >= 15 is 0 Å². The highest BCUT2D eigenvalue weighted by atomic mass is 16.4. The van der Waals surface area contributed by atoms with Crippen molar-refractivity contribution in [2.45, 2.75) is 57.4 Å². The Morgan fingerprint density at radius 3 is 2.00 bits per heavy atom. The fourth-order valence-corrected chi connectivity index (χ4v) is 2.38. The van der Waals surface area contributed by atoms with Gasteiger partial charge in [0.1, 0.15) is 6.04 Å². The third-order valence-electron chi connectivity index (χ3n) is 3.47. The van der Waals surface area contributed by atoms with Gasteiger partial charge in [-0.2, -0.15) is 0 Å². The van der Waals surface area contributed by atoms with Crippen molar-refractivity contribution in [1.82, 2.24) is 5.32 Å². The van der Waals surface area contributed by atoms with Gasteiger partial charge in [-0.05, 0) is 12.8 Å². The van der Waals surface area contributed by atoms with Gasteiger partial charge in [-0.25, -0.2) is 4.79 Å². The van der Waals surface area contributed by atoms with Crippen LogP contribution < -0.4 is 5.32 Å². The molecule has 1 aliphatic rings. The first-order chi connectivity index (χ1) is 9.00. The third kappa shape index (κ3) is 5.72. The van der Waals surface area contributed by atoms with E-state index in [2.05, 4.69) is 5.32 Å². The molecule has 0 aromatic carbocycles. The van der Waals surface area contributed by atoms with Crippen LogP contribution in [0.5, 0.6) is 0 Å². The quantitative estimate of drug-likeness (QED) is 0.701. The Kier molecular flexibility index (Phi) is 6.32. The zero-order valence-corrected chi connectivity index (χ0v) is 10.9. The smallest absolute Gasteiger partial charge is 0.326 e. The van der Waals surface area contributed by atoms with E-state index < -0.39 is 24.4 Å². The summed E-state index contributed by atoms with van der Waals surface area (Å²) in [4.78, 5) is 33.4. The molecule has 0 radical (unpaired) electrons. The zero-order valence-electron chi connectivity index (χ0n) is 10.9. The summed E-state index contributed by atoms with van der Waals surface area (Å²) in [6.07, 6.45) is 6.24. The van der Waals surface area contributed by atoms with E-state index in [1.54, 1.807) is 0 Å². The number of amides is 1. The fourth-order valence-electron chi connectivity index (χ4n) is 2.38. The molecular formula is C13H21NO5. The maximum absolute atomic E-state index is 12.0. The molecule has 19 heavy (non-hydrogen) atoms. The van der Waals surface area contributed by atoms with E-state index in [0.717, 1.165) is 38.5 Å². The average Bonchev–Trinajstić information content (AvgIpc) is 2.26. The molecule has 1 rings (SSSR count). The van der Waals surface area contributed by atoms with Crippen LogP contribution in [0.4, 0.5) is 0 Å². The van der Waals surface area contributed by atoms with E-state index in [4.69, 9.17) is 10.2 Å². The van der Waals surface area contributed by atoms with E-state index in [1.807, 2.05) is 0 Å². The van der Waals surface area contributed by atoms with Crippen molar-refractivity contribution < 1.29 is 24.6 Å². The molecule has 6 nitrogen and oxygen atoms in total. The van der Waals surface area contributed by atoms with Crippen LogP contribution in [-0.4, -0.2) is 34.1 Å². The summed E-state index contributed by atoms with van der Waals surface area (Å²) < 4.78 is 0. The summed E-state index contributed by atoms with van der Waals surface area (Å²) in [7, 11) is 0. The minimum Gasteiger partial charge on any atom is -0.481 e. The van der Waals surface area contributed by atoms with Crippen molar-refractivity contribution in [2.24, 2.45) is 5.92 Å². The van der Waals surface area contributed by atoms with Crippen LogP contribution in [0.25, 0.3) is 0 Å².